The van der Waals surface area contributed by atoms with E-state index in [-0.39, 0.29) is 18.5 Å². The molecular formula is C11H12F2N2O2. The number of allylic oxidation sites excluding steroid dienone is 2. The van der Waals surface area contributed by atoms with Crippen LogP contribution in [0.5, 0.6) is 0 Å². The van der Waals surface area contributed by atoms with Crippen LogP contribution in [-0.4, -0.2) is 9.55 Å². The van der Waals surface area contributed by atoms with Gasteiger partial charge in [0.2, 0.25) is 0 Å². The van der Waals surface area contributed by atoms with Gasteiger partial charge in [-0.05, 0) is 13.3 Å². The van der Waals surface area contributed by atoms with Crippen molar-refractivity contribution in [2.45, 2.75) is 32.2 Å². The molecular weight excluding hydrogens is 230 g/mol. The highest BCUT2D eigenvalue weighted by molar-refractivity contribution is 5.27. The predicted octanol–water partition coefficient (Wildman–Crippen LogP) is 1.15. The number of rotatable bonds is 1. The topological polar surface area (TPSA) is 54.9 Å². The molecule has 0 saturated carbocycles. The van der Waals surface area contributed by atoms with Crippen LogP contribution in [-0.2, 0) is 18.9 Å². The zero-order valence-corrected chi connectivity index (χ0v) is 9.30. The number of aromatic nitrogens is 2. The number of fused-ring (bicyclic) bond motifs is 1. The van der Waals surface area contributed by atoms with Crippen molar-refractivity contribution < 1.29 is 8.78 Å². The lowest BCUT2D eigenvalue weighted by molar-refractivity contribution is -0.00630. The van der Waals surface area contributed by atoms with Crippen molar-refractivity contribution >= 4 is 0 Å². The van der Waals surface area contributed by atoms with E-state index in [2.05, 4.69) is 4.98 Å². The fourth-order valence-electron chi connectivity index (χ4n) is 1.94. The predicted molar refractivity (Wildman–Crippen MR) is 58.4 cm³/mol. The van der Waals surface area contributed by atoms with Gasteiger partial charge in [-0.15, -0.1) is 0 Å². The van der Waals surface area contributed by atoms with Gasteiger partial charge in [0.15, 0.2) is 0 Å². The van der Waals surface area contributed by atoms with Crippen molar-refractivity contribution in [3.8, 4) is 0 Å². The van der Waals surface area contributed by atoms with Crippen LogP contribution < -0.4 is 11.2 Å². The van der Waals surface area contributed by atoms with Gasteiger partial charge in [-0.2, -0.15) is 8.78 Å². The summed E-state index contributed by atoms with van der Waals surface area (Å²) in [5.74, 6) is -3.19. The maximum absolute atomic E-state index is 13.7. The van der Waals surface area contributed by atoms with Gasteiger partial charge in [-0.1, -0.05) is 12.2 Å². The molecule has 0 spiro atoms. The summed E-state index contributed by atoms with van der Waals surface area (Å²) in [6.07, 6.45) is 2.49. The first-order valence-corrected chi connectivity index (χ1v) is 5.36. The van der Waals surface area contributed by atoms with Crippen LogP contribution in [0.3, 0.4) is 0 Å². The summed E-state index contributed by atoms with van der Waals surface area (Å²) >= 11 is 0. The van der Waals surface area contributed by atoms with Gasteiger partial charge in [0.1, 0.15) is 0 Å². The summed E-state index contributed by atoms with van der Waals surface area (Å²) < 4.78 is 28.3. The molecule has 4 nitrogen and oxygen atoms in total. The Hall–Kier alpha value is -1.72. The fourth-order valence-corrected chi connectivity index (χ4v) is 1.94. The number of alkyl halides is 2. The first-order chi connectivity index (χ1) is 7.97. The molecule has 0 saturated heterocycles. The third-order valence-corrected chi connectivity index (χ3v) is 2.83. The quantitative estimate of drug-likeness (QED) is 0.751. The van der Waals surface area contributed by atoms with Crippen molar-refractivity contribution in [3.05, 3.63) is 44.2 Å². The average Bonchev–Trinajstić information content (AvgIpc) is 2.39. The van der Waals surface area contributed by atoms with Gasteiger partial charge in [0.25, 0.3) is 11.5 Å². The first kappa shape index (κ1) is 11.8. The van der Waals surface area contributed by atoms with E-state index in [0.29, 0.717) is 0 Å². The van der Waals surface area contributed by atoms with E-state index in [1.807, 2.05) is 0 Å². The van der Waals surface area contributed by atoms with Gasteiger partial charge in [-0.3, -0.25) is 9.36 Å². The molecule has 0 radical (unpaired) electrons. The molecule has 92 valence electrons. The van der Waals surface area contributed by atoms with Crippen LogP contribution in [0, 0.1) is 0 Å². The zero-order chi connectivity index (χ0) is 12.6. The Morgan fingerprint density at radius 2 is 2.12 bits per heavy atom. The lowest BCUT2D eigenvalue weighted by atomic mass is 10.1. The SMILES string of the molecule is CCn1c(=O)[nH]c2c(c1=O)CC=CCC2(F)F. The van der Waals surface area contributed by atoms with Gasteiger partial charge >= 0.3 is 5.69 Å². The molecule has 1 heterocycles. The summed E-state index contributed by atoms with van der Waals surface area (Å²) in [5, 5.41) is 0. The summed E-state index contributed by atoms with van der Waals surface area (Å²) in [5.41, 5.74) is -1.97. The van der Waals surface area contributed by atoms with Crippen molar-refractivity contribution in [1.82, 2.24) is 9.55 Å². The van der Waals surface area contributed by atoms with E-state index in [4.69, 9.17) is 0 Å². The van der Waals surface area contributed by atoms with Crippen LogP contribution in [0.4, 0.5) is 8.78 Å². The number of nitrogens with one attached hydrogen (secondary N) is 1. The highest BCUT2D eigenvalue weighted by Gasteiger charge is 2.36. The minimum absolute atomic E-state index is 0.0230. The highest BCUT2D eigenvalue weighted by atomic mass is 19.3. The molecule has 0 unspecified atom stereocenters. The number of aromatic amines is 1. The molecule has 6 heteroatoms. The number of hydrogen-bond donors (Lipinski definition) is 1. The van der Waals surface area contributed by atoms with Crippen molar-refractivity contribution in [3.63, 3.8) is 0 Å². The van der Waals surface area contributed by atoms with E-state index in [1.54, 1.807) is 6.92 Å². The molecule has 1 N–H and O–H groups in total. The van der Waals surface area contributed by atoms with Crippen molar-refractivity contribution in [2.75, 3.05) is 0 Å². The van der Waals surface area contributed by atoms with Gasteiger partial charge in [-0.25, -0.2) is 4.79 Å². The van der Waals surface area contributed by atoms with Crippen LogP contribution in [0.15, 0.2) is 21.7 Å². The lowest BCUT2D eigenvalue weighted by Gasteiger charge is -2.16. The largest absolute Gasteiger partial charge is 0.328 e. The second-order valence-electron chi connectivity index (χ2n) is 3.92. The fraction of sp³-hybridized carbons (Fsp3) is 0.455. The second kappa shape index (κ2) is 3.94. The summed E-state index contributed by atoms with van der Waals surface area (Å²) in [6, 6.07) is 0. The molecule has 1 aliphatic rings. The molecule has 0 aliphatic heterocycles. The van der Waals surface area contributed by atoms with E-state index in [9.17, 15) is 18.4 Å². The average molecular weight is 242 g/mol. The van der Waals surface area contributed by atoms with Gasteiger partial charge in [0.05, 0.1) is 5.69 Å². The number of H-pyrrole nitrogens is 1. The van der Waals surface area contributed by atoms with E-state index < -0.39 is 29.3 Å². The standard InChI is InChI=1S/C11H12F2N2O2/c1-2-15-9(16)7-5-3-4-6-11(12,13)8(7)14-10(15)17/h3-4H,2,5-6H2,1H3,(H,14,17). The van der Waals surface area contributed by atoms with E-state index >= 15 is 0 Å². The molecule has 17 heavy (non-hydrogen) atoms. The Balaban J connectivity index is 2.80. The van der Waals surface area contributed by atoms with Crippen LogP contribution in [0.1, 0.15) is 24.6 Å². The Morgan fingerprint density at radius 3 is 2.76 bits per heavy atom. The molecule has 0 aromatic carbocycles. The maximum Gasteiger partial charge on any atom is 0.328 e. The minimum atomic E-state index is -3.19. The Morgan fingerprint density at radius 1 is 1.41 bits per heavy atom. The summed E-state index contributed by atoms with van der Waals surface area (Å²) in [6.45, 7) is 1.78. The van der Waals surface area contributed by atoms with Crippen LogP contribution in [0.25, 0.3) is 0 Å². The zero-order valence-electron chi connectivity index (χ0n) is 9.30. The number of hydrogen-bond acceptors (Lipinski definition) is 2. The number of halogens is 2. The second-order valence-corrected chi connectivity index (χ2v) is 3.92. The third-order valence-electron chi connectivity index (χ3n) is 2.83. The van der Waals surface area contributed by atoms with Gasteiger partial charge < -0.3 is 4.98 Å². The lowest BCUT2D eigenvalue weighted by Crippen LogP contribution is -2.40. The molecule has 0 fully saturated rings. The Kier molecular flexibility index (Phi) is 2.73. The molecule has 1 aliphatic carbocycles. The summed E-state index contributed by atoms with van der Waals surface area (Å²) in [7, 11) is 0. The molecule has 1 aromatic heterocycles. The van der Waals surface area contributed by atoms with Crippen LogP contribution >= 0.6 is 0 Å². The third kappa shape index (κ3) is 1.83. The number of nitrogens with zero attached hydrogens (tertiary/aromatic N) is 1. The Bertz CT molecular complexity index is 584. The monoisotopic (exact) mass is 242 g/mol. The first-order valence-electron chi connectivity index (χ1n) is 5.36. The summed E-state index contributed by atoms with van der Waals surface area (Å²) in [4.78, 5) is 25.5. The molecule has 1 aromatic rings. The minimum Gasteiger partial charge on any atom is -0.305 e. The molecule has 0 bridgehead atoms. The molecule has 2 rings (SSSR count). The van der Waals surface area contributed by atoms with Crippen LogP contribution in [0.2, 0.25) is 0 Å². The van der Waals surface area contributed by atoms with Crippen molar-refractivity contribution in [2.24, 2.45) is 0 Å². The molecule has 0 atom stereocenters. The highest BCUT2D eigenvalue weighted by Crippen LogP contribution is 2.33. The maximum atomic E-state index is 13.7. The normalized spacial score (nSPS) is 17.6. The van der Waals surface area contributed by atoms with E-state index in [1.165, 1.54) is 12.2 Å². The van der Waals surface area contributed by atoms with Gasteiger partial charge in [0, 0.05) is 18.5 Å². The Labute approximate surface area is 95.6 Å². The van der Waals surface area contributed by atoms with E-state index in [0.717, 1.165) is 4.57 Å². The smallest absolute Gasteiger partial charge is 0.305 e. The molecule has 0 amide bonds. The van der Waals surface area contributed by atoms with Crippen molar-refractivity contribution in [1.29, 1.82) is 0 Å².